The van der Waals surface area contributed by atoms with Crippen molar-refractivity contribution in [2.24, 2.45) is 0 Å². The van der Waals surface area contributed by atoms with Gasteiger partial charge in [-0.15, -0.1) is 22.1 Å². The van der Waals surface area contributed by atoms with Crippen molar-refractivity contribution >= 4 is 86.7 Å². The molecule has 5 heterocycles. The molecular formula is C60H44N4Pt. The van der Waals surface area contributed by atoms with Crippen LogP contribution >= 0.6 is 0 Å². The standard InChI is InChI=1S/C60H44N4.Pt/c1-5-41-53-45-25-33-17-9-11-19-35(33)27-47(45)55(61-53)42(6-2)57-49-29-37-21-13-15-23-39(37)31-51(49)59(63-57)44(8-4)60-52-32-40-24-16-14-22-38(40)30-50(52)58(64-60)43(7-3)56-48-28-36-20-12-10-18-34(36)26-46(48)54(41)62-56;/h9-32H,5-8H2,1-4H3;/q-2;+2. The van der Waals surface area contributed by atoms with E-state index in [9.17, 15) is 0 Å². The molecule has 0 saturated carbocycles. The summed E-state index contributed by atoms with van der Waals surface area (Å²) >= 11 is 0. The van der Waals surface area contributed by atoms with Crippen LogP contribution in [-0.4, -0.2) is 9.97 Å². The second-order valence-electron chi connectivity index (χ2n) is 17.5. The van der Waals surface area contributed by atoms with Crippen LogP contribution in [0.15, 0.2) is 146 Å². The van der Waals surface area contributed by atoms with E-state index < -0.39 is 0 Å². The molecule has 314 valence electrons. The van der Waals surface area contributed by atoms with E-state index >= 15 is 0 Å². The number of rotatable bonds is 4. The molecule has 0 radical (unpaired) electrons. The maximum atomic E-state index is 5.84. The van der Waals surface area contributed by atoms with Gasteiger partial charge in [-0.2, -0.15) is 0 Å². The molecule has 13 rings (SSSR count). The minimum atomic E-state index is 0. The van der Waals surface area contributed by atoms with Crippen molar-refractivity contribution in [1.29, 1.82) is 0 Å². The first-order valence-corrected chi connectivity index (χ1v) is 23.0. The Morgan fingerprint density at radius 3 is 0.708 bits per heavy atom. The number of hydrogen-bond donors (Lipinski definition) is 0. The smallest absolute Gasteiger partial charge is 0.656 e. The molecule has 0 aliphatic carbocycles. The van der Waals surface area contributed by atoms with Crippen LogP contribution in [0.5, 0.6) is 0 Å². The Labute approximate surface area is 391 Å². The predicted molar refractivity (Wildman–Crippen MR) is 270 cm³/mol. The summed E-state index contributed by atoms with van der Waals surface area (Å²) in [4.78, 5) is 23.4. The van der Waals surface area contributed by atoms with Crippen LogP contribution in [0.3, 0.4) is 0 Å². The van der Waals surface area contributed by atoms with Crippen molar-refractivity contribution in [3.63, 3.8) is 0 Å². The predicted octanol–water partition coefficient (Wildman–Crippen LogP) is 15.4. The molecule has 0 N–H and O–H groups in total. The maximum Gasteiger partial charge on any atom is 2.00 e. The van der Waals surface area contributed by atoms with Gasteiger partial charge in [0, 0.05) is 22.3 Å². The molecule has 0 atom stereocenters. The molecule has 8 aromatic carbocycles. The zero-order valence-corrected chi connectivity index (χ0v) is 39.1. The molecule has 0 saturated heterocycles. The Bertz CT molecular complexity index is 3510. The van der Waals surface area contributed by atoms with E-state index in [0.29, 0.717) is 0 Å². The van der Waals surface area contributed by atoms with E-state index in [0.717, 1.165) is 137 Å². The Morgan fingerprint density at radius 1 is 0.308 bits per heavy atom. The van der Waals surface area contributed by atoms with Crippen molar-refractivity contribution < 1.29 is 21.1 Å². The Hall–Kier alpha value is -6.87. The van der Waals surface area contributed by atoms with Gasteiger partial charge in [-0.05, 0) is 161 Å². The average molecular weight is 1020 g/mol. The number of aryl methyl sites for hydroxylation is 4. The second-order valence-corrected chi connectivity index (χ2v) is 17.5. The van der Waals surface area contributed by atoms with Crippen molar-refractivity contribution in [2.75, 3.05) is 0 Å². The molecule has 3 aromatic heterocycles. The Balaban J connectivity index is 0.00000444. The van der Waals surface area contributed by atoms with Crippen LogP contribution in [0.2, 0.25) is 0 Å². The summed E-state index contributed by atoms with van der Waals surface area (Å²) in [5, 5.41) is 14.2. The van der Waals surface area contributed by atoms with Crippen LogP contribution in [0.1, 0.15) is 49.9 Å². The van der Waals surface area contributed by atoms with Crippen molar-refractivity contribution in [1.82, 2.24) is 19.9 Å². The molecule has 0 unspecified atom stereocenters. The van der Waals surface area contributed by atoms with E-state index in [1.807, 2.05) is 0 Å². The van der Waals surface area contributed by atoms with Gasteiger partial charge in [-0.1, -0.05) is 125 Å². The molecule has 8 bridgehead atoms. The first-order chi connectivity index (χ1) is 31.5. The minimum absolute atomic E-state index is 0. The number of fused-ring (bicyclic) bond motifs is 24. The number of hydrogen-bond acceptors (Lipinski definition) is 2. The van der Waals surface area contributed by atoms with E-state index in [1.54, 1.807) is 0 Å². The van der Waals surface area contributed by atoms with Crippen LogP contribution < -0.4 is 9.97 Å². The van der Waals surface area contributed by atoms with Gasteiger partial charge in [0.25, 0.3) is 0 Å². The van der Waals surface area contributed by atoms with Crippen LogP contribution in [0.25, 0.3) is 132 Å². The quantitative estimate of drug-likeness (QED) is 0.176. The largest absolute Gasteiger partial charge is 2.00 e. The fourth-order valence-corrected chi connectivity index (χ4v) is 11.1. The van der Waals surface area contributed by atoms with Gasteiger partial charge >= 0.3 is 21.1 Å². The molecule has 2 aliphatic heterocycles. The fourth-order valence-electron chi connectivity index (χ4n) is 11.1. The summed E-state index contributed by atoms with van der Waals surface area (Å²) in [6, 6.07) is 53.8. The topological polar surface area (TPSA) is 54.0 Å². The van der Waals surface area contributed by atoms with Gasteiger partial charge in [-0.25, -0.2) is 9.97 Å². The van der Waals surface area contributed by atoms with Crippen molar-refractivity contribution in [2.45, 2.75) is 53.4 Å². The molecule has 65 heavy (non-hydrogen) atoms. The molecule has 0 spiro atoms. The van der Waals surface area contributed by atoms with Crippen LogP contribution in [0, 0.1) is 0 Å². The van der Waals surface area contributed by atoms with E-state index in [1.165, 1.54) is 43.1 Å². The van der Waals surface area contributed by atoms with E-state index in [4.69, 9.17) is 19.9 Å². The SMILES string of the molecule is CCc1c2nc(c(CC)c3[n-]c(c(CC)c4nc(c(CC)c5[n-]c1c1cc6ccccc6cc51)-c1cc5ccccc5cc1-4)c1cc4ccccc4cc31)-c1cc3ccccc3cc1-2.[Pt+2]. The summed E-state index contributed by atoms with van der Waals surface area (Å²) in [5.41, 5.74) is 17.2. The molecule has 11 aromatic rings. The summed E-state index contributed by atoms with van der Waals surface area (Å²) in [7, 11) is 0. The van der Waals surface area contributed by atoms with Crippen molar-refractivity contribution in [3.05, 3.63) is 168 Å². The normalized spacial score (nSPS) is 12.1. The zero-order valence-electron chi connectivity index (χ0n) is 36.8. The second kappa shape index (κ2) is 15.1. The van der Waals surface area contributed by atoms with E-state index in [2.05, 4.69) is 173 Å². The van der Waals surface area contributed by atoms with E-state index in [-0.39, 0.29) is 21.1 Å². The van der Waals surface area contributed by atoms with Crippen molar-refractivity contribution in [3.8, 4) is 45.0 Å². The van der Waals surface area contributed by atoms with Gasteiger partial charge in [0.05, 0.1) is 22.8 Å². The third-order valence-electron chi connectivity index (χ3n) is 14.2. The summed E-state index contributed by atoms with van der Waals surface area (Å²) < 4.78 is 0. The first-order valence-electron chi connectivity index (χ1n) is 23.0. The van der Waals surface area contributed by atoms with Crippen LogP contribution in [-0.2, 0) is 46.7 Å². The third-order valence-corrected chi connectivity index (χ3v) is 14.2. The minimum Gasteiger partial charge on any atom is -0.656 e. The monoisotopic (exact) mass is 1020 g/mol. The Kier molecular flexibility index (Phi) is 9.23. The molecule has 0 amide bonds. The summed E-state index contributed by atoms with van der Waals surface area (Å²) in [5.74, 6) is 0. The number of aromatic nitrogens is 4. The van der Waals surface area contributed by atoms with Gasteiger partial charge < -0.3 is 9.97 Å². The maximum absolute atomic E-state index is 5.84. The number of nitrogens with zero attached hydrogens (tertiary/aromatic N) is 4. The Morgan fingerprint density at radius 2 is 0.508 bits per heavy atom. The summed E-state index contributed by atoms with van der Waals surface area (Å²) in [6.07, 6.45) is 3.04. The van der Waals surface area contributed by atoms with Gasteiger partial charge in [0.15, 0.2) is 0 Å². The number of benzene rings is 8. The fraction of sp³-hybridized carbons (Fsp3) is 0.133. The third kappa shape index (κ3) is 5.79. The molecule has 4 nitrogen and oxygen atoms in total. The molecule has 5 heteroatoms. The molecule has 2 aliphatic rings. The molecule has 0 fully saturated rings. The van der Waals surface area contributed by atoms with Gasteiger partial charge in [0.2, 0.25) is 0 Å². The van der Waals surface area contributed by atoms with Crippen LogP contribution in [0.4, 0.5) is 0 Å². The summed E-state index contributed by atoms with van der Waals surface area (Å²) in [6.45, 7) is 9.06. The zero-order chi connectivity index (χ0) is 42.8. The molecular weight excluding hydrogens is 972 g/mol. The van der Waals surface area contributed by atoms with Gasteiger partial charge in [0.1, 0.15) is 0 Å². The average Bonchev–Trinajstić information content (AvgIpc) is 4.09. The van der Waals surface area contributed by atoms with Gasteiger partial charge in [-0.3, -0.25) is 0 Å². The first kappa shape index (κ1) is 39.7.